The zero-order valence-electron chi connectivity index (χ0n) is 7.33. The molecule has 2 aromatic carbocycles. The summed E-state index contributed by atoms with van der Waals surface area (Å²) in [5.74, 6) is 0. The highest BCUT2D eigenvalue weighted by atomic mass is 79.9. The Balaban J connectivity index is 2.94. The fraction of sp³-hybridized carbons (Fsp3) is 0. The molecule has 0 amide bonds. The Labute approximate surface area is 89.8 Å². The van der Waals surface area contributed by atoms with E-state index in [4.69, 9.17) is 5.73 Å². The topological polar surface area (TPSA) is 43.1 Å². The molecule has 2 N–H and O–H groups in total. The Morgan fingerprint density at radius 1 is 1.21 bits per heavy atom. The first-order valence-electron chi connectivity index (χ1n) is 4.16. The van der Waals surface area contributed by atoms with E-state index in [1.807, 2.05) is 24.3 Å². The highest BCUT2D eigenvalue weighted by Crippen LogP contribution is 2.30. The summed E-state index contributed by atoms with van der Waals surface area (Å²) in [6, 6.07) is 9.45. The molecule has 0 aliphatic heterocycles. The monoisotopic (exact) mass is 249 g/mol. The van der Waals surface area contributed by atoms with Gasteiger partial charge in [-0.2, -0.15) is 0 Å². The van der Waals surface area contributed by atoms with Gasteiger partial charge in [0.15, 0.2) is 6.29 Å². The number of nitrogen functional groups attached to an aromatic ring is 1. The molecule has 0 aliphatic rings. The molecule has 3 heteroatoms. The number of rotatable bonds is 1. The van der Waals surface area contributed by atoms with Crippen LogP contribution >= 0.6 is 15.9 Å². The standard InChI is InChI=1S/C11H8BrNO/c12-10-5-7(6-14)11(13)9-4-2-1-3-8(9)10/h1-6H,13H2. The van der Waals surface area contributed by atoms with Gasteiger partial charge in [-0.05, 0) is 11.5 Å². The third kappa shape index (κ3) is 1.30. The fourth-order valence-corrected chi connectivity index (χ4v) is 2.06. The molecule has 0 atom stereocenters. The quantitative estimate of drug-likeness (QED) is 0.624. The van der Waals surface area contributed by atoms with Crippen molar-refractivity contribution >= 4 is 38.7 Å². The number of carbonyl (C=O) groups is 1. The van der Waals surface area contributed by atoms with Crippen molar-refractivity contribution in [1.82, 2.24) is 0 Å². The Morgan fingerprint density at radius 2 is 1.86 bits per heavy atom. The molecule has 14 heavy (non-hydrogen) atoms. The first kappa shape index (κ1) is 9.21. The number of carbonyl (C=O) groups excluding carboxylic acids is 1. The molecule has 0 spiro atoms. The average molecular weight is 250 g/mol. The van der Waals surface area contributed by atoms with Crippen molar-refractivity contribution in [3.8, 4) is 0 Å². The predicted molar refractivity (Wildman–Crippen MR) is 61.4 cm³/mol. The zero-order chi connectivity index (χ0) is 10.1. The lowest BCUT2D eigenvalue weighted by molar-refractivity contribution is 0.112. The summed E-state index contributed by atoms with van der Waals surface area (Å²) in [7, 11) is 0. The van der Waals surface area contributed by atoms with Gasteiger partial charge in [-0.1, -0.05) is 40.2 Å². The molecule has 2 aromatic rings. The molecule has 0 saturated heterocycles. The van der Waals surface area contributed by atoms with Crippen LogP contribution in [0.3, 0.4) is 0 Å². The van der Waals surface area contributed by atoms with Crippen molar-refractivity contribution in [2.45, 2.75) is 0 Å². The highest BCUT2D eigenvalue weighted by Gasteiger charge is 2.06. The van der Waals surface area contributed by atoms with Crippen LogP contribution in [0.25, 0.3) is 10.8 Å². The molecule has 0 radical (unpaired) electrons. The van der Waals surface area contributed by atoms with E-state index < -0.39 is 0 Å². The van der Waals surface area contributed by atoms with Crippen LogP contribution < -0.4 is 5.73 Å². The number of benzene rings is 2. The normalized spacial score (nSPS) is 10.4. The molecular weight excluding hydrogens is 242 g/mol. The summed E-state index contributed by atoms with van der Waals surface area (Å²) in [5, 5.41) is 1.93. The summed E-state index contributed by atoms with van der Waals surface area (Å²) >= 11 is 3.41. The van der Waals surface area contributed by atoms with Gasteiger partial charge in [0.25, 0.3) is 0 Å². The highest BCUT2D eigenvalue weighted by molar-refractivity contribution is 9.10. The summed E-state index contributed by atoms with van der Waals surface area (Å²) in [4.78, 5) is 10.7. The molecule has 0 saturated carbocycles. The number of hydrogen-bond donors (Lipinski definition) is 1. The number of halogens is 1. The Morgan fingerprint density at radius 3 is 2.50 bits per heavy atom. The van der Waals surface area contributed by atoms with Gasteiger partial charge in [0, 0.05) is 15.4 Å². The molecule has 0 unspecified atom stereocenters. The van der Waals surface area contributed by atoms with E-state index in [2.05, 4.69) is 15.9 Å². The van der Waals surface area contributed by atoms with E-state index in [-0.39, 0.29) is 0 Å². The van der Waals surface area contributed by atoms with Crippen LogP contribution in [0.4, 0.5) is 5.69 Å². The zero-order valence-corrected chi connectivity index (χ0v) is 8.91. The molecule has 2 nitrogen and oxygen atoms in total. The average Bonchev–Trinajstić information content (AvgIpc) is 2.23. The number of aldehydes is 1. The van der Waals surface area contributed by atoms with Gasteiger partial charge in [-0.15, -0.1) is 0 Å². The number of anilines is 1. The fourth-order valence-electron chi connectivity index (χ4n) is 1.47. The number of hydrogen-bond acceptors (Lipinski definition) is 2. The van der Waals surface area contributed by atoms with Crippen LogP contribution in [0.15, 0.2) is 34.8 Å². The summed E-state index contributed by atoms with van der Waals surface area (Å²) in [5.41, 5.74) is 6.91. The molecule has 0 bridgehead atoms. The summed E-state index contributed by atoms with van der Waals surface area (Å²) in [6.45, 7) is 0. The van der Waals surface area contributed by atoms with E-state index in [0.29, 0.717) is 11.3 Å². The first-order valence-corrected chi connectivity index (χ1v) is 4.95. The predicted octanol–water partition coefficient (Wildman–Crippen LogP) is 3.00. The molecule has 0 fully saturated rings. The Hall–Kier alpha value is -1.35. The van der Waals surface area contributed by atoms with Crippen LogP contribution in [0.2, 0.25) is 0 Å². The Bertz CT molecular complexity index is 508. The third-order valence-corrected chi connectivity index (χ3v) is 2.85. The lowest BCUT2D eigenvalue weighted by atomic mass is 10.1. The number of nitrogens with two attached hydrogens (primary N) is 1. The van der Waals surface area contributed by atoms with Crippen LogP contribution in [-0.4, -0.2) is 6.29 Å². The van der Waals surface area contributed by atoms with Crippen molar-refractivity contribution in [2.75, 3.05) is 5.73 Å². The van der Waals surface area contributed by atoms with Crippen molar-refractivity contribution < 1.29 is 4.79 Å². The minimum Gasteiger partial charge on any atom is -0.398 e. The van der Waals surface area contributed by atoms with E-state index in [1.54, 1.807) is 6.07 Å². The summed E-state index contributed by atoms with van der Waals surface area (Å²) < 4.78 is 0.893. The van der Waals surface area contributed by atoms with Crippen LogP contribution in [0.1, 0.15) is 10.4 Å². The third-order valence-electron chi connectivity index (χ3n) is 2.19. The van der Waals surface area contributed by atoms with Crippen LogP contribution in [0, 0.1) is 0 Å². The van der Waals surface area contributed by atoms with Gasteiger partial charge < -0.3 is 5.73 Å². The molecule has 0 aliphatic carbocycles. The maximum atomic E-state index is 10.7. The van der Waals surface area contributed by atoms with Gasteiger partial charge >= 0.3 is 0 Å². The maximum Gasteiger partial charge on any atom is 0.152 e. The maximum absolute atomic E-state index is 10.7. The van der Waals surface area contributed by atoms with Crippen LogP contribution in [0.5, 0.6) is 0 Å². The second-order valence-corrected chi connectivity index (χ2v) is 3.88. The molecular formula is C11H8BrNO. The summed E-state index contributed by atoms with van der Waals surface area (Å²) in [6.07, 6.45) is 0.770. The number of fused-ring (bicyclic) bond motifs is 1. The second-order valence-electron chi connectivity index (χ2n) is 3.02. The second kappa shape index (κ2) is 3.42. The minimum atomic E-state index is 0.524. The van der Waals surface area contributed by atoms with Gasteiger partial charge in [-0.3, -0.25) is 4.79 Å². The van der Waals surface area contributed by atoms with E-state index in [0.717, 1.165) is 21.5 Å². The molecule has 0 aromatic heterocycles. The smallest absolute Gasteiger partial charge is 0.152 e. The van der Waals surface area contributed by atoms with E-state index in [1.165, 1.54) is 0 Å². The van der Waals surface area contributed by atoms with Crippen molar-refractivity contribution in [1.29, 1.82) is 0 Å². The largest absolute Gasteiger partial charge is 0.398 e. The van der Waals surface area contributed by atoms with Gasteiger partial charge in [0.05, 0.1) is 5.69 Å². The van der Waals surface area contributed by atoms with Crippen molar-refractivity contribution in [3.05, 3.63) is 40.4 Å². The lowest BCUT2D eigenvalue weighted by Crippen LogP contribution is -1.94. The van der Waals surface area contributed by atoms with Crippen molar-refractivity contribution in [2.24, 2.45) is 0 Å². The van der Waals surface area contributed by atoms with Gasteiger partial charge in [0.1, 0.15) is 0 Å². The lowest BCUT2D eigenvalue weighted by Gasteiger charge is -2.06. The van der Waals surface area contributed by atoms with E-state index in [9.17, 15) is 4.79 Å². The minimum absolute atomic E-state index is 0.524. The van der Waals surface area contributed by atoms with Gasteiger partial charge in [-0.25, -0.2) is 0 Å². The Kier molecular flexibility index (Phi) is 2.25. The van der Waals surface area contributed by atoms with Crippen molar-refractivity contribution in [3.63, 3.8) is 0 Å². The first-order chi connectivity index (χ1) is 6.74. The van der Waals surface area contributed by atoms with E-state index >= 15 is 0 Å². The SMILES string of the molecule is Nc1c(C=O)cc(Br)c2ccccc12. The van der Waals surface area contributed by atoms with Crippen LogP contribution in [-0.2, 0) is 0 Å². The molecule has 70 valence electrons. The molecule has 0 heterocycles. The molecule has 2 rings (SSSR count). The van der Waals surface area contributed by atoms with Gasteiger partial charge in [0.2, 0.25) is 0 Å².